The van der Waals surface area contributed by atoms with Gasteiger partial charge in [-0.2, -0.15) is 0 Å². The lowest BCUT2D eigenvalue weighted by atomic mass is 10.0. The van der Waals surface area contributed by atoms with Crippen molar-refractivity contribution in [3.8, 4) is 16.9 Å². The first-order valence-corrected chi connectivity index (χ1v) is 9.94. The van der Waals surface area contributed by atoms with Crippen LogP contribution in [0.4, 0.5) is 0 Å². The minimum absolute atomic E-state index is 0.0677. The molecule has 4 rings (SSSR count). The van der Waals surface area contributed by atoms with Crippen molar-refractivity contribution in [1.82, 2.24) is 9.47 Å². The first-order chi connectivity index (χ1) is 13.7. The summed E-state index contributed by atoms with van der Waals surface area (Å²) in [6, 6.07) is 22.8. The zero-order chi connectivity index (χ0) is 19.3. The molecule has 2 aromatic carbocycles. The van der Waals surface area contributed by atoms with Crippen LogP contribution in [-0.2, 0) is 4.79 Å². The van der Waals surface area contributed by atoms with Gasteiger partial charge in [0.25, 0.3) is 5.91 Å². The third-order valence-electron chi connectivity index (χ3n) is 5.45. The molecule has 1 fully saturated rings. The maximum Gasteiger partial charge on any atom is 0.263 e. The molecule has 4 heteroatoms. The summed E-state index contributed by atoms with van der Waals surface area (Å²) in [5, 5.41) is 0. The fourth-order valence-corrected chi connectivity index (χ4v) is 3.84. The molecule has 1 amide bonds. The van der Waals surface area contributed by atoms with Crippen LogP contribution in [0.1, 0.15) is 25.8 Å². The Morgan fingerprint density at radius 3 is 2.14 bits per heavy atom. The van der Waals surface area contributed by atoms with Crippen LogP contribution in [0, 0.1) is 0 Å². The molecule has 0 aliphatic carbocycles. The molecule has 1 aliphatic rings. The summed E-state index contributed by atoms with van der Waals surface area (Å²) < 4.78 is 8.17. The van der Waals surface area contributed by atoms with Crippen molar-refractivity contribution in [2.45, 2.75) is 31.9 Å². The van der Waals surface area contributed by atoms with E-state index in [2.05, 4.69) is 41.2 Å². The Kier molecular flexibility index (Phi) is 5.47. The van der Waals surface area contributed by atoms with Crippen LogP contribution in [0.3, 0.4) is 0 Å². The number of hydrogen-bond acceptors (Lipinski definition) is 2. The normalized spacial score (nSPS) is 16.0. The molecule has 0 spiro atoms. The van der Waals surface area contributed by atoms with Crippen molar-refractivity contribution < 1.29 is 9.53 Å². The van der Waals surface area contributed by atoms with Crippen molar-refractivity contribution in [1.29, 1.82) is 0 Å². The summed E-state index contributed by atoms with van der Waals surface area (Å²) in [7, 11) is 0. The summed E-state index contributed by atoms with van der Waals surface area (Å²) in [6.07, 6.45) is 5.70. The van der Waals surface area contributed by atoms with Crippen LogP contribution < -0.4 is 4.74 Å². The molecule has 1 saturated heterocycles. The second-order valence-corrected chi connectivity index (χ2v) is 7.34. The number of ether oxygens (including phenoxy) is 1. The highest BCUT2D eigenvalue weighted by Gasteiger charge is 2.27. The topological polar surface area (TPSA) is 34.5 Å². The first-order valence-electron chi connectivity index (χ1n) is 9.94. The molecule has 1 aliphatic heterocycles. The molecule has 3 aromatic rings. The lowest BCUT2D eigenvalue weighted by Crippen LogP contribution is -2.45. The Morgan fingerprint density at radius 1 is 0.893 bits per heavy atom. The molecule has 1 aromatic heterocycles. The van der Waals surface area contributed by atoms with E-state index in [0.29, 0.717) is 6.04 Å². The number of amides is 1. The Labute approximate surface area is 166 Å². The number of piperidine rings is 1. The molecule has 1 unspecified atom stereocenters. The number of likely N-dealkylation sites (tertiary alicyclic amines) is 1. The number of carbonyl (C=O) groups excluding carboxylic acids is 1. The van der Waals surface area contributed by atoms with Crippen LogP contribution in [0.2, 0.25) is 0 Å². The lowest BCUT2D eigenvalue weighted by molar-refractivity contribution is -0.139. The Balaban J connectivity index is 1.32. The van der Waals surface area contributed by atoms with E-state index < -0.39 is 6.10 Å². The van der Waals surface area contributed by atoms with E-state index in [9.17, 15) is 4.79 Å². The highest BCUT2D eigenvalue weighted by atomic mass is 16.5. The molecule has 0 saturated carbocycles. The number of hydrogen-bond donors (Lipinski definition) is 0. The highest BCUT2D eigenvalue weighted by molar-refractivity contribution is 5.81. The van der Waals surface area contributed by atoms with Crippen LogP contribution in [0.25, 0.3) is 11.1 Å². The third-order valence-corrected chi connectivity index (χ3v) is 5.45. The van der Waals surface area contributed by atoms with Gasteiger partial charge >= 0.3 is 0 Å². The van der Waals surface area contributed by atoms with Gasteiger partial charge in [0.05, 0.1) is 0 Å². The number of rotatable bonds is 5. The quantitative estimate of drug-likeness (QED) is 0.644. The smallest absolute Gasteiger partial charge is 0.263 e. The van der Waals surface area contributed by atoms with E-state index in [-0.39, 0.29) is 5.91 Å². The largest absolute Gasteiger partial charge is 0.481 e. The predicted octanol–water partition coefficient (Wildman–Crippen LogP) is 4.79. The van der Waals surface area contributed by atoms with Crippen molar-refractivity contribution in [2.24, 2.45) is 0 Å². The maximum absolute atomic E-state index is 12.8. The monoisotopic (exact) mass is 374 g/mol. The van der Waals surface area contributed by atoms with Gasteiger partial charge in [-0.25, -0.2) is 0 Å². The van der Waals surface area contributed by atoms with E-state index >= 15 is 0 Å². The van der Waals surface area contributed by atoms with Gasteiger partial charge in [-0.15, -0.1) is 0 Å². The molecular formula is C24H26N2O2. The van der Waals surface area contributed by atoms with E-state index in [0.717, 1.165) is 37.2 Å². The molecule has 144 valence electrons. The third kappa shape index (κ3) is 4.11. The van der Waals surface area contributed by atoms with Gasteiger partial charge in [0, 0.05) is 31.5 Å². The van der Waals surface area contributed by atoms with E-state index in [1.165, 1.54) is 5.56 Å². The van der Waals surface area contributed by atoms with E-state index in [1.54, 1.807) is 0 Å². The lowest BCUT2D eigenvalue weighted by Gasteiger charge is -2.34. The van der Waals surface area contributed by atoms with Gasteiger partial charge in [-0.05, 0) is 55.2 Å². The van der Waals surface area contributed by atoms with Crippen LogP contribution in [0.15, 0.2) is 79.1 Å². The number of benzene rings is 2. The fraction of sp³-hybridized carbons (Fsp3) is 0.292. The zero-order valence-electron chi connectivity index (χ0n) is 16.2. The van der Waals surface area contributed by atoms with Crippen molar-refractivity contribution in [3.63, 3.8) is 0 Å². The summed E-state index contributed by atoms with van der Waals surface area (Å²) in [5.41, 5.74) is 2.31. The standard InChI is InChI=1S/C24H26N2O2/c1-19(24(27)26-17-13-22(14-18-26)25-15-5-6-16-25)28-23-11-9-21(10-12-23)20-7-3-2-4-8-20/h2-12,15-16,19,22H,13-14,17-18H2,1H3. The molecule has 0 bridgehead atoms. The van der Waals surface area contributed by atoms with Gasteiger partial charge in [-0.1, -0.05) is 42.5 Å². The SMILES string of the molecule is CC(Oc1ccc(-c2ccccc2)cc1)C(=O)N1CCC(n2cccc2)CC1. The van der Waals surface area contributed by atoms with Crippen molar-refractivity contribution in [3.05, 3.63) is 79.1 Å². The molecule has 0 radical (unpaired) electrons. The molecule has 28 heavy (non-hydrogen) atoms. The fourth-order valence-electron chi connectivity index (χ4n) is 3.84. The average molecular weight is 374 g/mol. The van der Waals surface area contributed by atoms with Crippen molar-refractivity contribution >= 4 is 5.91 Å². The second kappa shape index (κ2) is 8.34. The molecule has 2 heterocycles. The molecule has 0 N–H and O–H groups in total. The number of nitrogens with zero attached hydrogens (tertiary/aromatic N) is 2. The maximum atomic E-state index is 12.8. The first kappa shape index (κ1) is 18.4. The van der Waals surface area contributed by atoms with Crippen molar-refractivity contribution in [2.75, 3.05) is 13.1 Å². The Morgan fingerprint density at radius 2 is 1.50 bits per heavy atom. The number of aromatic nitrogens is 1. The summed E-state index contributed by atoms with van der Waals surface area (Å²) in [5.74, 6) is 0.792. The molecule has 4 nitrogen and oxygen atoms in total. The minimum Gasteiger partial charge on any atom is -0.481 e. The minimum atomic E-state index is -0.481. The van der Waals surface area contributed by atoms with Crippen LogP contribution in [-0.4, -0.2) is 34.6 Å². The van der Waals surface area contributed by atoms with E-state index in [4.69, 9.17) is 4.74 Å². The van der Waals surface area contributed by atoms with Crippen LogP contribution >= 0.6 is 0 Å². The van der Waals surface area contributed by atoms with Gasteiger partial charge in [0.1, 0.15) is 5.75 Å². The van der Waals surface area contributed by atoms with Gasteiger partial charge in [0.2, 0.25) is 0 Å². The molecule has 1 atom stereocenters. The molecular weight excluding hydrogens is 348 g/mol. The van der Waals surface area contributed by atoms with E-state index in [1.807, 2.05) is 54.3 Å². The Hall–Kier alpha value is -3.01. The zero-order valence-corrected chi connectivity index (χ0v) is 16.2. The highest BCUT2D eigenvalue weighted by Crippen LogP contribution is 2.25. The predicted molar refractivity (Wildman–Crippen MR) is 111 cm³/mol. The summed E-state index contributed by atoms with van der Waals surface area (Å²) in [6.45, 7) is 3.40. The number of carbonyl (C=O) groups is 1. The summed E-state index contributed by atoms with van der Waals surface area (Å²) in [4.78, 5) is 14.7. The van der Waals surface area contributed by atoms with Gasteiger partial charge in [-0.3, -0.25) is 4.79 Å². The summed E-state index contributed by atoms with van der Waals surface area (Å²) >= 11 is 0. The van der Waals surface area contributed by atoms with Crippen LogP contribution in [0.5, 0.6) is 5.75 Å². The average Bonchev–Trinajstić information content (AvgIpc) is 3.29. The van der Waals surface area contributed by atoms with Gasteiger partial charge in [0.15, 0.2) is 6.10 Å². The van der Waals surface area contributed by atoms with Gasteiger partial charge < -0.3 is 14.2 Å². The Bertz CT molecular complexity index is 880. The second-order valence-electron chi connectivity index (χ2n) is 7.34.